The molecule has 4 N–H and O–H groups in total. The topological polar surface area (TPSA) is 151 Å². The van der Waals surface area contributed by atoms with Gasteiger partial charge in [-0.05, 0) is 67.4 Å². The molecule has 0 saturated heterocycles. The molecule has 0 atom stereocenters. The summed E-state index contributed by atoms with van der Waals surface area (Å²) in [5, 5.41) is 34.0. The summed E-state index contributed by atoms with van der Waals surface area (Å²) < 4.78 is 7.58. The highest BCUT2D eigenvalue weighted by molar-refractivity contribution is 6.30. The summed E-state index contributed by atoms with van der Waals surface area (Å²) in [5.74, 6) is 1.67. The number of amides is 2. The number of carbonyl (C=O) groups excluding carboxylic acids is 2. The molecule has 0 aliphatic carbocycles. The summed E-state index contributed by atoms with van der Waals surface area (Å²) in [6.07, 6.45) is 3.43. The number of benzene rings is 3. The number of halogens is 1. The zero-order valence-electron chi connectivity index (χ0n) is 27.5. The van der Waals surface area contributed by atoms with Gasteiger partial charge in [-0.15, -0.1) is 10.2 Å². The monoisotopic (exact) mass is 670 g/mol. The number of aromatic nitrogens is 4. The molecule has 0 fully saturated rings. The predicted molar refractivity (Wildman–Crippen MR) is 187 cm³/mol. The van der Waals surface area contributed by atoms with Crippen LogP contribution in [0.1, 0.15) is 49.2 Å². The molecule has 0 aliphatic rings. The number of methoxy groups -OCH3 is 1. The van der Waals surface area contributed by atoms with Crippen LogP contribution in [0.2, 0.25) is 5.02 Å². The van der Waals surface area contributed by atoms with E-state index < -0.39 is 0 Å². The summed E-state index contributed by atoms with van der Waals surface area (Å²) in [5.41, 5.74) is 5.61. The number of pyridine rings is 1. The van der Waals surface area contributed by atoms with Crippen LogP contribution in [0.15, 0.2) is 72.8 Å². The van der Waals surface area contributed by atoms with Crippen LogP contribution in [0.5, 0.6) is 17.2 Å². The molecule has 2 aromatic heterocycles. The fraction of sp³-hybridized carbons (Fsp3) is 0.250. The molecular weight excluding hydrogens is 632 g/mol. The van der Waals surface area contributed by atoms with Gasteiger partial charge in [-0.25, -0.2) is 0 Å². The van der Waals surface area contributed by atoms with Crippen molar-refractivity contribution in [1.29, 1.82) is 0 Å². The van der Waals surface area contributed by atoms with E-state index in [1.54, 1.807) is 19.2 Å². The van der Waals surface area contributed by atoms with Gasteiger partial charge in [0, 0.05) is 54.0 Å². The van der Waals surface area contributed by atoms with Gasteiger partial charge in [-0.1, -0.05) is 42.8 Å². The molecule has 0 unspecified atom stereocenters. The zero-order valence-corrected chi connectivity index (χ0v) is 28.3. The van der Waals surface area contributed by atoms with Crippen molar-refractivity contribution < 1.29 is 24.5 Å². The number of rotatable bonds is 10. The summed E-state index contributed by atoms with van der Waals surface area (Å²) in [6, 6.07) is 20.4. The van der Waals surface area contributed by atoms with E-state index in [2.05, 4.69) is 55.5 Å². The number of ether oxygens (including phenoxy) is 1. The summed E-state index contributed by atoms with van der Waals surface area (Å²) in [6.45, 7) is 7.78. The number of phenolic OH excluding ortho intramolecular Hbond substituents is 2. The van der Waals surface area contributed by atoms with E-state index in [1.165, 1.54) is 19.1 Å². The molecule has 12 heteroatoms. The Morgan fingerprint density at radius 3 is 2.38 bits per heavy atom. The van der Waals surface area contributed by atoms with Gasteiger partial charge >= 0.3 is 0 Å². The number of allylic oxidation sites excluding steroid dienone is 1. The standard InChI is InChI=1S/C21H22ClN3O.C15H17N3O4/c1-5-18(15-7-9-16(22)10-8-15)19-13-17(26-4)11-12-20(19)25-14(3)23-24-21(25)6-2;1-9(19)17-8-15(22)16-5-4-11-3-2-10-6-13(20)14(21)7-12(10)18-11/h5,7-13H,6H2,1-4H3;2-3,6-7,20-21H,4-5,8H2,1H3,(H,16,22)(H,17,19)/b18-5-;. The average Bonchev–Trinajstić information content (AvgIpc) is 3.45. The van der Waals surface area contributed by atoms with Crippen molar-refractivity contribution in [1.82, 2.24) is 30.4 Å². The lowest BCUT2D eigenvalue weighted by atomic mass is 9.95. The summed E-state index contributed by atoms with van der Waals surface area (Å²) in [7, 11) is 1.68. The highest BCUT2D eigenvalue weighted by Gasteiger charge is 2.17. The van der Waals surface area contributed by atoms with Crippen molar-refractivity contribution >= 4 is 39.9 Å². The molecule has 0 aliphatic heterocycles. The first-order chi connectivity index (χ1) is 23.0. The molecule has 250 valence electrons. The second-order valence-electron chi connectivity index (χ2n) is 10.8. The largest absolute Gasteiger partial charge is 0.504 e. The van der Waals surface area contributed by atoms with E-state index >= 15 is 0 Å². The number of nitrogens with one attached hydrogen (secondary N) is 2. The van der Waals surface area contributed by atoms with E-state index in [9.17, 15) is 19.8 Å². The number of phenols is 2. The van der Waals surface area contributed by atoms with Crippen molar-refractivity contribution in [3.63, 3.8) is 0 Å². The van der Waals surface area contributed by atoms with E-state index in [0.717, 1.165) is 56.9 Å². The SMILES string of the molecule is C/C=C(/c1ccc(Cl)cc1)c1cc(OC)ccc1-n1c(C)nnc1CC.CC(=O)NCC(=O)NCCc1ccc2cc(O)c(O)cc2n1. The fourth-order valence-corrected chi connectivity index (χ4v) is 5.16. The van der Waals surface area contributed by atoms with Gasteiger partial charge in [-0.2, -0.15) is 0 Å². The Labute approximate surface area is 284 Å². The molecule has 11 nitrogen and oxygen atoms in total. The average molecular weight is 671 g/mol. The Kier molecular flexibility index (Phi) is 12.1. The second-order valence-corrected chi connectivity index (χ2v) is 11.2. The molecule has 5 rings (SSSR count). The minimum absolute atomic E-state index is 0.0480. The first-order valence-electron chi connectivity index (χ1n) is 15.4. The van der Waals surface area contributed by atoms with Crippen LogP contribution in [-0.2, 0) is 22.4 Å². The first kappa shape index (κ1) is 35.4. The molecule has 2 heterocycles. The minimum Gasteiger partial charge on any atom is -0.504 e. The number of nitrogens with zero attached hydrogens (tertiary/aromatic N) is 4. The smallest absolute Gasteiger partial charge is 0.239 e. The van der Waals surface area contributed by atoms with Crippen LogP contribution >= 0.6 is 11.6 Å². The maximum Gasteiger partial charge on any atom is 0.239 e. The molecule has 2 amide bonds. The lowest BCUT2D eigenvalue weighted by Gasteiger charge is -2.17. The van der Waals surface area contributed by atoms with Gasteiger partial charge in [-0.3, -0.25) is 19.1 Å². The van der Waals surface area contributed by atoms with Crippen LogP contribution in [0, 0.1) is 6.92 Å². The van der Waals surface area contributed by atoms with E-state index in [0.29, 0.717) is 23.9 Å². The van der Waals surface area contributed by atoms with Gasteiger partial charge < -0.3 is 25.6 Å². The van der Waals surface area contributed by atoms with Gasteiger partial charge in [0.05, 0.1) is 24.9 Å². The fourth-order valence-electron chi connectivity index (χ4n) is 5.04. The van der Waals surface area contributed by atoms with Crippen LogP contribution in [0.3, 0.4) is 0 Å². The normalized spacial score (nSPS) is 11.1. The number of aromatic hydroxyl groups is 2. The van der Waals surface area contributed by atoms with Gasteiger partial charge in [0.2, 0.25) is 11.8 Å². The third kappa shape index (κ3) is 8.89. The van der Waals surface area contributed by atoms with Crippen molar-refractivity contribution in [2.24, 2.45) is 0 Å². The Morgan fingerprint density at radius 1 is 0.979 bits per heavy atom. The number of aryl methyl sites for hydroxylation is 2. The van der Waals surface area contributed by atoms with Gasteiger partial charge in [0.25, 0.3) is 0 Å². The number of carbonyl (C=O) groups is 2. The van der Waals surface area contributed by atoms with E-state index in [-0.39, 0.29) is 29.9 Å². The van der Waals surface area contributed by atoms with Crippen molar-refractivity contribution in [2.75, 3.05) is 20.2 Å². The van der Waals surface area contributed by atoms with Crippen LogP contribution in [-0.4, -0.2) is 62.0 Å². The minimum atomic E-state index is -0.265. The third-order valence-electron chi connectivity index (χ3n) is 7.43. The van der Waals surface area contributed by atoms with Crippen molar-refractivity contribution in [3.8, 4) is 22.9 Å². The van der Waals surface area contributed by atoms with Gasteiger partial charge in [0.15, 0.2) is 11.5 Å². The van der Waals surface area contributed by atoms with Crippen molar-refractivity contribution in [2.45, 2.75) is 40.5 Å². The molecule has 48 heavy (non-hydrogen) atoms. The number of fused-ring (bicyclic) bond motifs is 1. The second kappa shape index (κ2) is 16.4. The maximum atomic E-state index is 11.4. The third-order valence-corrected chi connectivity index (χ3v) is 7.68. The molecule has 5 aromatic rings. The molecule has 0 bridgehead atoms. The van der Waals surface area contributed by atoms with Crippen LogP contribution < -0.4 is 15.4 Å². The highest BCUT2D eigenvalue weighted by Crippen LogP contribution is 2.33. The van der Waals surface area contributed by atoms with Crippen LogP contribution in [0.25, 0.3) is 22.2 Å². The molecule has 0 saturated carbocycles. The Morgan fingerprint density at radius 2 is 1.71 bits per heavy atom. The molecular formula is C36H39ClN6O5. The summed E-state index contributed by atoms with van der Waals surface area (Å²) >= 11 is 6.07. The Hall–Kier alpha value is -5.42. The maximum absolute atomic E-state index is 11.4. The quantitative estimate of drug-likeness (QED) is 0.138. The van der Waals surface area contributed by atoms with Gasteiger partial charge in [0.1, 0.15) is 17.4 Å². The van der Waals surface area contributed by atoms with Crippen molar-refractivity contribution in [3.05, 3.63) is 106 Å². The highest BCUT2D eigenvalue weighted by atomic mass is 35.5. The first-order valence-corrected chi connectivity index (χ1v) is 15.8. The lowest BCUT2D eigenvalue weighted by Crippen LogP contribution is -2.36. The number of hydrogen-bond donors (Lipinski definition) is 4. The zero-order chi connectivity index (χ0) is 34.8. The predicted octanol–water partition coefficient (Wildman–Crippen LogP) is 5.69. The summed E-state index contributed by atoms with van der Waals surface area (Å²) in [4.78, 5) is 26.5. The van der Waals surface area contributed by atoms with Crippen LogP contribution in [0.4, 0.5) is 0 Å². The van der Waals surface area contributed by atoms with E-state index in [4.69, 9.17) is 16.3 Å². The number of hydrogen-bond acceptors (Lipinski definition) is 8. The Bertz CT molecular complexity index is 1940. The molecule has 0 spiro atoms. The van der Waals surface area contributed by atoms with E-state index in [1.807, 2.05) is 44.2 Å². The Balaban J connectivity index is 0.000000220. The molecule has 0 radical (unpaired) electrons. The molecule has 3 aromatic carbocycles. The lowest BCUT2D eigenvalue weighted by molar-refractivity contribution is -0.125.